The topological polar surface area (TPSA) is 113 Å². The fourth-order valence-corrected chi connectivity index (χ4v) is 10.7. The van der Waals surface area contributed by atoms with E-state index in [0.717, 1.165) is 29.9 Å². The van der Waals surface area contributed by atoms with Gasteiger partial charge in [-0.3, -0.25) is 24.1 Å². The molecular formula is C51H44N2O7. The highest BCUT2D eigenvalue weighted by Crippen LogP contribution is 2.64. The molecule has 0 aromatic heterocycles. The number of hydrogen-bond acceptors (Lipinski definition) is 8. The maximum atomic E-state index is 15.4. The van der Waals surface area contributed by atoms with Crippen LogP contribution in [0.15, 0.2) is 151 Å². The molecule has 0 radical (unpaired) electrons. The Hall–Kier alpha value is -6.58. The monoisotopic (exact) mass is 796 g/mol. The van der Waals surface area contributed by atoms with Crippen molar-refractivity contribution in [3.05, 3.63) is 173 Å². The number of phenolic OH excluding ortho intramolecular Hbond substituents is 1. The number of morpholine rings is 1. The molecular weight excluding hydrogens is 753 g/mol. The Morgan fingerprint density at radius 3 is 2.10 bits per heavy atom. The van der Waals surface area contributed by atoms with Gasteiger partial charge in [-0.05, 0) is 71.9 Å². The van der Waals surface area contributed by atoms with Gasteiger partial charge in [0.15, 0.2) is 11.6 Å². The van der Waals surface area contributed by atoms with Crippen LogP contribution in [0.2, 0.25) is 0 Å². The zero-order valence-electron chi connectivity index (χ0n) is 33.0. The highest BCUT2D eigenvalue weighted by Gasteiger charge is 2.66. The minimum absolute atomic E-state index is 0.0859. The Kier molecular flexibility index (Phi) is 9.56. The van der Waals surface area contributed by atoms with E-state index in [1.165, 1.54) is 11.0 Å². The molecule has 5 aromatic carbocycles. The van der Waals surface area contributed by atoms with Crippen LogP contribution in [0, 0.1) is 23.7 Å². The molecule has 9 heteroatoms. The van der Waals surface area contributed by atoms with Crippen molar-refractivity contribution in [1.29, 1.82) is 0 Å². The highest BCUT2D eigenvalue weighted by atomic mass is 16.5. The number of nitrogens with zero attached hydrogens (tertiary/aromatic N) is 2. The van der Waals surface area contributed by atoms with Crippen LogP contribution in [0.3, 0.4) is 0 Å². The molecule has 3 fully saturated rings. The number of carbonyl (C=O) groups excluding carboxylic acids is 4. The second-order valence-electron chi connectivity index (χ2n) is 16.4. The number of Topliss-reactive ketones (excluding diaryl/α,β-unsaturated/α-hetero) is 1. The molecule has 2 amide bonds. The van der Waals surface area contributed by atoms with Crippen molar-refractivity contribution >= 4 is 40.3 Å². The third-order valence-corrected chi connectivity index (χ3v) is 13.4. The van der Waals surface area contributed by atoms with Gasteiger partial charge in [0.2, 0.25) is 11.8 Å². The van der Waals surface area contributed by atoms with Gasteiger partial charge in [-0.15, -0.1) is 0 Å². The average molecular weight is 797 g/mol. The summed E-state index contributed by atoms with van der Waals surface area (Å²) in [4.78, 5) is 63.5. The number of hydrogen-bond donors (Lipinski definition) is 1. The molecule has 1 saturated carbocycles. The number of aromatic hydroxyl groups is 1. The van der Waals surface area contributed by atoms with E-state index >= 15 is 9.59 Å². The summed E-state index contributed by atoms with van der Waals surface area (Å²) in [6.45, 7) is 3.08. The number of fused-ring (bicyclic) bond motifs is 4. The predicted molar refractivity (Wildman–Crippen MR) is 227 cm³/mol. The summed E-state index contributed by atoms with van der Waals surface area (Å²) in [5.41, 5.74) is 3.86. The molecule has 2 saturated heterocycles. The number of allylic oxidation sites excluding steroid dienone is 4. The molecule has 60 heavy (non-hydrogen) atoms. The van der Waals surface area contributed by atoms with Gasteiger partial charge in [0.1, 0.15) is 18.1 Å². The van der Waals surface area contributed by atoms with Crippen molar-refractivity contribution in [3.8, 4) is 11.5 Å². The fraction of sp³-hybridized carbons (Fsp3) is 0.255. The van der Waals surface area contributed by atoms with E-state index in [0.29, 0.717) is 46.9 Å². The van der Waals surface area contributed by atoms with E-state index in [2.05, 4.69) is 4.90 Å². The number of rotatable bonds is 8. The summed E-state index contributed by atoms with van der Waals surface area (Å²) in [5, 5.41) is 12.1. The number of carbonyl (C=O) groups is 4. The average Bonchev–Trinajstić information content (AvgIpc) is 3.56. The van der Waals surface area contributed by atoms with E-state index in [1.54, 1.807) is 18.2 Å². The van der Waals surface area contributed by atoms with Crippen LogP contribution in [-0.4, -0.2) is 54.8 Å². The van der Waals surface area contributed by atoms with Gasteiger partial charge >= 0.3 is 0 Å². The normalized spacial score (nSPS) is 26.2. The molecule has 9 nitrogen and oxygen atoms in total. The Morgan fingerprint density at radius 1 is 0.733 bits per heavy atom. The molecule has 3 aliphatic carbocycles. The molecule has 6 atom stereocenters. The maximum absolute atomic E-state index is 15.4. The molecule has 10 rings (SSSR count). The Balaban J connectivity index is 1.09. The first-order valence-corrected chi connectivity index (χ1v) is 20.8. The number of ketones is 2. The van der Waals surface area contributed by atoms with E-state index in [9.17, 15) is 14.7 Å². The molecule has 0 bridgehead atoms. The van der Waals surface area contributed by atoms with E-state index < -0.39 is 35.0 Å². The molecule has 0 spiro atoms. The molecule has 300 valence electrons. The van der Waals surface area contributed by atoms with Crippen LogP contribution in [0.5, 0.6) is 11.5 Å². The molecule has 2 aliphatic heterocycles. The van der Waals surface area contributed by atoms with Crippen LogP contribution < -0.4 is 14.5 Å². The van der Waals surface area contributed by atoms with Crippen molar-refractivity contribution in [1.82, 2.24) is 0 Å². The summed E-state index contributed by atoms with van der Waals surface area (Å²) in [5.74, 6) is -4.41. The fourth-order valence-electron chi connectivity index (χ4n) is 10.7. The second-order valence-corrected chi connectivity index (χ2v) is 16.4. The van der Waals surface area contributed by atoms with E-state index in [1.807, 2.05) is 121 Å². The van der Waals surface area contributed by atoms with Gasteiger partial charge < -0.3 is 19.5 Å². The first-order valence-electron chi connectivity index (χ1n) is 20.8. The van der Waals surface area contributed by atoms with Crippen LogP contribution in [0.25, 0.3) is 5.57 Å². The summed E-state index contributed by atoms with van der Waals surface area (Å²) in [6.07, 6.45) is 3.96. The van der Waals surface area contributed by atoms with Gasteiger partial charge in [-0.2, -0.15) is 0 Å². The van der Waals surface area contributed by atoms with E-state index in [-0.39, 0.29) is 48.6 Å². The first-order chi connectivity index (χ1) is 29.3. The maximum Gasteiger partial charge on any atom is 0.238 e. The number of amides is 2. The molecule has 1 N–H and O–H groups in total. The van der Waals surface area contributed by atoms with Gasteiger partial charge in [-0.1, -0.05) is 109 Å². The third-order valence-electron chi connectivity index (χ3n) is 13.4. The first kappa shape index (κ1) is 37.7. The zero-order chi connectivity index (χ0) is 41.0. The highest BCUT2D eigenvalue weighted by molar-refractivity contribution is 6.32. The summed E-state index contributed by atoms with van der Waals surface area (Å²) in [6, 6.07) is 41.0. The lowest BCUT2D eigenvalue weighted by Crippen LogP contribution is -2.58. The summed E-state index contributed by atoms with van der Waals surface area (Å²) < 4.78 is 11.6. The number of imide groups is 1. The number of ether oxygens (including phenoxy) is 2. The van der Waals surface area contributed by atoms with Gasteiger partial charge in [0.25, 0.3) is 0 Å². The number of anilines is 2. The number of benzene rings is 5. The minimum atomic E-state index is -1.46. The van der Waals surface area contributed by atoms with E-state index in [4.69, 9.17) is 9.47 Å². The Morgan fingerprint density at radius 2 is 1.40 bits per heavy atom. The van der Waals surface area contributed by atoms with Crippen molar-refractivity contribution < 1.29 is 33.8 Å². The van der Waals surface area contributed by atoms with Crippen LogP contribution in [0.1, 0.15) is 41.0 Å². The van der Waals surface area contributed by atoms with Crippen molar-refractivity contribution in [2.45, 2.75) is 30.8 Å². The Labute approximate surface area is 348 Å². The smallest absolute Gasteiger partial charge is 0.238 e. The second kappa shape index (κ2) is 15.2. The molecule has 5 aromatic rings. The molecule has 6 unspecified atom stereocenters. The Bertz CT molecular complexity index is 2550. The lowest BCUT2D eigenvalue weighted by atomic mass is 9.44. The SMILES string of the molecule is O=C1C(c2ccccc2)=CC(=O)C2(c3ccccc3)C1CC1C(=CCC3C(=O)N(c4ccc(N5CCOCC5)cc4)C(=O)C31)C2c1ccc(OCc2ccccc2)cc1O. The van der Waals surface area contributed by atoms with Gasteiger partial charge in [-0.25, -0.2) is 0 Å². The zero-order valence-corrected chi connectivity index (χ0v) is 33.0. The largest absolute Gasteiger partial charge is 0.508 e. The van der Waals surface area contributed by atoms with Crippen molar-refractivity contribution in [2.24, 2.45) is 23.7 Å². The molecule has 5 aliphatic rings. The standard InChI is InChI=1S/C51H44N2O7/c54-44-28-37(60-31-32-10-4-1-5-11-32)20-21-39(44)47-38-22-23-40-46(50(58)53(49(40)57)36-18-16-35(17-19-36)52-24-26-59-27-25-52)42(38)29-43-48(56)41(33-12-6-2-7-13-33)30-45(55)51(43,47)34-14-8-3-9-15-34/h1-22,28,30,40,42-43,46-47,54H,23-27,29,31H2. The third kappa shape index (κ3) is 6.10. The quantitative estimate of drug-likeness (QED) is 0.125. The van der Waals surface area contributed by atoms with Gasteiger partial charge in [0, 0.05) is 47.8 Å². The molecule has 2 heterocycles. The van der Waals surface area contributed by atoms with Crippen LogP contribution in [0.4, 0.5) is 11.4 Å². The summed E-state index contributed by atoms with van der Waals surface area (Å²) >= 11 is 0. The number of phenols is 1. The lowest BCUT2D eigenvalue weighted by Gasteiger charge is -2.55. The van der Waals surface area contributed by atoms with Crippen LogP contribution >= 0.6 is 0 Å². The van der Waals surface area contributed by atoms with Crippen molar-refractivity contribution in [3.63, 3.8) is 0 Å². The summed E-state index contributed by atoms with van der Waals surface area (Å²) in [7, 11) is 0. The van der Waals surface area contributed by atoms with Gasteiger partial charge in [0.05, 0.1) is 36.2 Å². The predicted octanol–water partition coefficient (Wildman–Crippen LogP) is 7.84. The lowest BCUT2D eigenvalue weighted by molar-refractivity contribution is -0.135. The minimum Gasteiger partial charge on any atom is -0.508 e. The van der Waals surface area contributed by atoms with Crippen LogP contribution in [-0.2, 0) is 35.9 Å². The van der Waals surface area contributed by atoms with Crippen molar-refractivity contribution in [2.75, 3.05) is 36.1 Å².